The molecule has 0 radical (unpaired) electrons. The van der Waals surface area contributed by atoms with E-state index in [0.29, 0.717) is 21.8 Å². The monoisotopic (exact) mass is 377 g/mol. The van der Waals surface area contributed by atoms with Gasteiger partial charge in [0.15, 0.2) is 0 Å². The van der Waals surface area contributed by atoms with E-state index in [1.807, 2.05) is 0 Å². The number of carbonyl (C=O) groups is 3. The second kappa shape index (κ2) is 6.70. The van der Waals surface area contributed by atoms with Crippen molar-refractivity contribution >= 4 is 35.1 Å². The average molecular weight is 378 g/mol. The molecule has 2 amide bonds. The van der Waals surface area contributed by atoms with Crippen molar-refractivity contribution in [3.8, 4) is 5.75 Å². The van der Waals surface area contributed by atoms with Crippen molar-refractivity contribution in [1.82, 2.24) is 0 Å². The van der Waals surface area contributed by atoms with E-state index in [4.69, 9.17) is 16.3 Å². The maximum Gasteiger partial charge on any atom is 0.343 e. The highest BCUT2D eigenvalue weighted by Gasteiger charge is 2.36. The number of fused-ring (bicyclic) bond motifs is 1. The van der Waals surface area contributed by atoms with Crippen LogP contribution in [0.15, 0.2) is 72.8 Å². The molecule has 0 N–H and O–H groups in total. The summed E-state index contributed by atoms with van der Waals surface area (Å²) >= 11 is 6.01. The van der Waals surface area contributed by atoms with E-state index < -0.39 is 17.8 Å². The van der Waals surface area contributed by atoms with Gasteiger partial charge in [-0.3, -0.25) is 9.59 Å². The van der Waals surface area contributed by atoms with Gasteiger partial charge in [-0.25, -0.2) is 9.69 Å². The van der Waals surface area contributed by atoms with Gasteiger partial charge in [-0.2, -0.15) is 0 Å². The van der Waals surface area contributed by atoms with Crippen LogP contribution in [0.25, 0.3) is 0 Å². The van der Waals surface area contributed by atoms with E-state index in [2.05, 4.69) is 0 Å². The van der Waals surface area contributed by atoms with Gasteiger partial charge in [-0.15, -0.1) is 0 Å². The van der Waals surface area contributed by atoms with Crippen molar-refractivity contribution in [1.29, 1.82) is 0 Å². The molecule has 1 aliphatic rings. The Balaban J connectivity index is 1.64. The summed E-state index contributed by atoms with van der Waals surface area (Å²) in [4.78, 5) is 38.7. The molecule has 0 atom stereocenters. The van der Waals surface area contributed by atoms with Gasteiger partial charge in [0.2, 0.25) is 0 Å². The predicted molar refractivity (Wildman–Crippen MR) is 100 cm³/mol. The molecule has 0 unspecified atom stereocenters. The summed E-state index contributed by atoms with van der Waals surface area (Å²) in [6.45, 7) is 0. The maximum atomic E-state index is 12.6. The van der Waals surface area contributed by atoms with Crippen LogP contribution in [0.4, 0.5) is 5.69 Å². The first-order valence-electron chi connectivity index (χ1n) is 8.11. The number of amides is 2. The third-order valence-electron chi connectivity index (χ3n) is 4.17. The van der Waals surface area contributed by atoms with Gasteiger partial charge in [-0.1, -0.05) is 41.9 Å². The number of nitrogens with zero attached hydrogens (tertiary/aromatic N) is 1. The van der Waals surface area contributed by atoms with Crippen LogP contribution in [-0.4, -0.2) is 17.8 Å². The van der Waals surface area contributed by atoms with Gasteiger partial charge in [0, 0.05) is 0 Å². The summed E-state index contributed by atoms with van der Waals surface area (Å²) in [6, 6.07) is 19.4. The quantitative estimate of drug-likeness (QED) is 0.386. The zero-order valence-electron chi connectivity index (χ0n) is 13.9. The SMILES string of the molecule is O=C(Oc1ccccc1Cl)c1cccc(N2C(=O)c3ccccc3C2=O)c1. The molecule has 0 saturated carbocycles. The molecule has 3 aromatic rings. The lowest BCUT2D eigenvalue weighted by Gasteiger charge is -2.15. The molecule has 0 aromatic heterocycles. The smallest absolute Gasteiger partial charge is 0.343 e. The Morgan fingerprint density at radius 3 is 2.11 bits per heavy atom. The van der Waals surface area contributed by atoms with Crippen LogP contribution in [0.2, 0.25) is 5.02 Å². The van der Waals surface area contributed by atoms with Gasteiger partial charge < -0.3 is 4.74 Å². The van der Waals surface area contributed by atoms with E-state index in [1.54, 1.807) is 66.7 Å². The first-order chi connectivity index (χ1) is 13.1. The number of hydrogen-bond donors (Lipinski definition) is 0. The molecule has 0 bridgehead atoms. The van der Waals surface area contributed by atoms with Crippen molar-refractivity contribution in [3.63, 3.8) is 0 Å². The fourth-order valence-corrected chi connectivity index (χ4v) is 3.06. The van der Waals surface area contributed by atoms with Gasteiger partial charge >= 0.3 is 5.97 Å². The Labute approximate surface area is 159 Å². The lowest BCUT2D eigenvalue weighted by molar-refractivity contribution is 0.0733. The summed E-state index contributed by atoms with van der Waals surface area (Å²) in [5.74, 6) is -1.25. The summed E-state index contributed by atoms with van der Waals surface area (Å²) in [5.41, 5.74) is 1.18. The molecule has 3 aromatic carbocycles. The third-order valence-corrected chi connectivity index (χ3v) is 4.49. The van der Waals surface area contributed by atoms with Crippen LogP contribution in [0.1, 0.15) is 31.1 Å². The Morgan fingerprint density at radius 1 is 0.815 bits per heavy atom. The van der Waals surface area contributed by atoms with E-state index in [9.17, 15) is 14.4 Å². The Bertz CT molecular complexity index is 1060. The highest BCUT2D eigenvalue weighted by atomic mass is 35.5. The van der Waals surface area contributed by atoms with E-state index in [0.717, 1.165) is 4.90 Å². The normalized spacial score (nSPS) is 12.9. The van der Waals surface area contributed by atoms with Gasteiger partial charge in [0.05, 0.1) is 27.4 Å². The number of rotatable bonds is 3. The summed E-state index contributed by atoms with van der Waals surface area (Å²) < 4.78 is 5.31. The van der Waals surface area contributed by atoms with E-state index in [-0.39, 0.29) is 11.3 Å². The minimum Gasteiger partial charge on any atom is -0.421 e. The molecule has 0 fully saturated rings. The van der Waals surface area contributed by atoms with Gasteiger partial charge in [0.25, 0.3) is 11.8 Å². The number of halogens is 1. The summed E-state index contributed by atoms with van der Waals surface area (Å²) in [5, 5.41) is 0.308. The Hall–Kier alpha value is -3.44. The standard InChI is InChI=1S/C21H12ClNO4/c22-17-10-3-4-11-18(17)27-21(26)13-6-5-7-14(12-13)23-19(24)15-8-1-2-9-16(15)20(23)25/h1-12H. The largest absolute Gasteiger partial charge is 0.421 e. The fraction of sp³-hybridized carbons (Fsp3) is 0. The average Bonchev–Trinajstić information content (AvgIpc) is 2.94. The maximum absolute atomic E-state index is 12.6. The number of esters is 1. The highest BCUT2D eigenvalue weighted by molar-refractivity contribution is 6.34. The molecule has 0 spiro atoms. The van der Waals surface area contributed by atoms with Crippen LogP contribution in [0.3, 0.4) is 0 Å². The molecule has 4 rings (SSSR count). The second-order valence-corrected chi connectivity index (χ2v) is 6.27. The first-order valence-corrected chi connectivity index (χ1v) is 8.48. The van der Waals surface area contributed by atoms with Crippen LogP contribution < -0.4 is 9.64 Å². The molecule has 6 heteroatoms. The third kappa shape index (κ3) is 2.98. The van der Waals surface area contributed by atoms with Crippen LogP contribution in [0, 0.1) is 0 Å². The zero-order chi connectivity index (χ0) is 19.0. The van der Waals surface area contributed by atoms with Crippen molar-refractivity contribution in [2.24, 2.45) is 0 Å². The summed E-state index contributed by atoms with van der Waals surface area (Å²) in [7, 11) is 0. The molecule has 0 saturated heterocycles. The number of benzene rings is 3. The molecule has 1 heterocycles. The zero-order valence-corrected chi connectivity index (χ0v) is 14.6. The highest BCUT2D eigenvalue weighted by Crippen LogP contribution is 2.29. The van der Waals surface area contributed by atoms with Crippen LogP contribution in [-0.2, 0) is 0 Å². The second-order valence-electron chi connectivity index (χ2n) is 5.86. The fourth-order valence-electron chi connectivity index (χ4n) is 2.88. The van der Waals surface area contributed by atoms with Crippen molar-refractivity contribution in [3.05, 3.63) is 94.5 Å². The van der Waals surface area contributed by atoms with Gasteiger partial charge in [0.1, 0.15) is 5.75 Å². The number of hydrogen-bond acceptors (Lipinski definition) is 4. The topological polar surface area (TPSA) is 63.7 Å². The molecule has 1 aliphatic heterocycles. The van der Waals surface area contributed by atoms with Crippen molar-refractivity contribution in [2.45, 2.75) is 0 Å². The lowest BCUT2D eigenvalue weighted by atomic mass is 10.1. The number of ether oxygens (including phenoxy) is 1. The van der Waals surface area contributed by atoms with E-state index >= 15 is 0 Å². The number of carbonyl (C=O) groups excluding carboxylic acids is 3. The number of imide groups is 1. The molecule has 132 valence electrons. The Morgan fingerprint density at radius 2 is 1.44 bits per heavy atom. The minimum absolute atomic E-state index is 0.198. The lowest BCUT2D eigenvalue weighted by Crippen LogP contribution is -2.29. The molecular formula is C21H12ClNO4. The molecule has 5 nitrogen and oxygen atoms in total. The van der Waals surface area contributed by atoms with Crippen LogP contribution >= 0.6 is 11.6 Å². The van der Waals surface area contributed by atoms with E-state index in [1.165, 1.54) is 6.07 Å². The minimum atomic E-state index is -0.637. The first kappa shape index (κ1) is 17.0. The molecule has 27 heavy (non-hydrogen) atoms. The van der Waals surface area contributed by atoms with Crippen LogP contribution in [0.5, 0.6) is 5.75 Å². The number of para-hydroxylation sites is 1. The van der Waals surface area contributed by atoms with Crippen molar-refractivity contribution < 1.29 is 19.1 Å². The molecular weight excluding hydrogens is 366 g/mol. The number of anilines is 1. The molecule has 0 aliphatic carbocycles. The predicted octanol–water partition coefficient (Wildman–Crippen LogP) is 4.36. The van der Waals surface area contributed by atoms with Gasteiger partial charge in [-0.05, 0) is 42.5 Å². The Kier molecular flexibility index (Phi) is 4.22. The summed E-state index contributed by atoms with van der Waals surface area (Å²) in [6.07, 6.45) is 0. The van der Waals surface area contributed by atoms with Crippen molar-refractivity contribution in [2.75, 3.05) is 4.90 Å².